The van der Waals surface area contributed by atoms with Crippen molar-refractivity contribution in [1.29, 1.82) is 0 Å². The van der Waals surface area contributed by atoms with Crippen LogP contribution in [0.3, 0.4) is 0 Å². The molecule has 4 rings (SSSR count). The Labute approximate surface area is 199 Å². The molecule has 0 atom stereocenters. The van der Waals surface area contributed by atoms with E-state index >= 15 is 0 Å². The maximum atomic E-state index is 12.9. The van der Waals surface area contributed by atoms with Crippen molar-refractivity contribution >= 4 is 29.2 Å². The van der Waals surface area contributed by atoms with Gasteiger partial charge in [0, 0.05) is 11.3 Å². The lowest BCUT2D eigenvalue weighted by molar-refractivity contribution is 0.0696. The minimum atomic E-state index is -1.02. The Morgan fingerprint density at radius 3 is 1.97 bits per heavy atom. The summed E-state index contributed by atoms with van der Waals surface area (Å²) in [6.45, 7) is 0. The van der Waals surface area contributed by atoms with Crippen LogP contribution in [0.5, 0.6) is 11.5 Å². The number of carbonyl (C=O) groups excluding carboxylic acids is 1. The first-order chi connectivity index (χ1) is 16.0. The van der Waals surface area contributed by atoms with Gasteiger partial charge >= 0.3 is 5.97 Å². The van der Waals surface area contributed by atoms with E-state index in [0.29, 0.717) is 27.8 Å². The first-order valence-corrected chi connectivity index (χ1v) is 12.2. The first-order valence-electron chi connectivity index (χ1n) is 11.8. The predicted octanol–water partition coefficient (Wildman–Crippen LogP) is 6.71. The molecule has 0 saturated heterocycles. The Hall–Kier alpha value is -2.73. The van der Waals surface area contributed by atoms with Gasteiger partial charge in [-0.2, -0.15) is 0 Å². The zero-order chi connectivity index (χ0) is 23.2. The topological polar surface area (TPSA) is 84.9 Å². The molecular weight excluding hydrogens is 442 g/mol. The summed E-state index contributed by atoms with van der Waals surface area (Å²) in [4.78, 5) is 24.0. The number of hydrogen-bond donors (Lipinski definition) is 2. The molecule has 1 amide bonds. The second-order valence-corrected chi connectivity index (χ2v) is 9.28. The number of benzene rings is 2. The molecule has 6 nitrogen and oxygen atoms in total. The van der Waals surface area contributed by atoms with Crippen molar-refractivity contribution in [3.05, 3.63) is 52.5 Å². The smallest absolute Gasteiger partial charge is 0.335 e. The van der Waals surface area contributed by atoms with Crippen LogP contribution in [-0.2, 0) is 0 Å². The Morgan fingerprint density at radius 2 is 1.39 bits per heavy atom. The van der Waals surface area contributed by atoms with E-state index in [1.807, 2.05) is 0 Å². The van der Waals surface area contributed by atoms with Gasteiger partial charge in [-0.15, -0.1) is 0 Å². The molecule has 2 aliphatic rings. The van der Waals surface area contributed by atoms with Crippen molar-refractivity contribution in [1.82, 2.24) is 0 Å². The van der Waals surface area contributed by atoms with Crippen LogP contribution >= 0.6 is 11.6 Å². The summed E-state index contributed by atoms with van der Waals surface area (Å²) in [5.41, 5.74) is 1.02. The van der Waals surface area contributed by atoms with E-state index in [1.165, 1.54) is 25.0 Å². The van der Waals surface area contributed by atoms with Gasteiger partial charge in [-0.3, -0.25) is 4.79 Å². The van der Waals surface area contributed by atoms with Crippen molar-refractivity contribution in [2.75, 3.05) is 5.32 Å². The molecule has 2 aromatic rings. The normalized spacial score (nSPS) is 17.4. The molecule has 33 heavy (non-hydrogen) atoms. The Balaban J connectivity index is 1.56. The summed E-state index contributed by atoms with van der Waals surface area (Å²) in [6, 6.07) is 9.33. The molecule has 2 N–H and O–H groups in total. The number of amides is 1. The van der Waals surface area contributed by atoms with Crippen LogP contribution in [0.2, 0.25) is 5.02 Å². The lowest BCUT2D eigenvalue weighted by Crippen LogP contribution is -2.23. The highest BCUT2D eigenvalue weighted by molar-refractivity contribution is 6.32. The van der Waals surface area contributed by atoms with Crippen molar-refractivity contribution in [3.63, 3.8) is 0 Å². The van der Waals surface area contributed by atoms with E-state index in [9.17, 15) is 9.59 Å². The number of carboxylic acids is 1. The van der Waals surface area contributed by atoms with Crippen LogP contribution in [0.4, 0.5) is 5.69 Å². The van der Waals surface area contributed by atoms with Gasteiger partial charge in [-0.05, 0) is 87.8 Å². The van der Waals surface area contributed by atoms with Crippen LogP contribution in [-0.4, -0.2) is 29.2 Å². The summed E-state index contributed by atoms with van der Waals surface area (Å²) in [7, 11) is 0. The summed E-state index contributed by atoms with van der Waals surface area (Å²) in [5.74, 6) is -0.321. The average Bonchev–Trinajstić information content (AvgIpc) is 2.82. The minimum Gasteiger partial charge on any atom is -0.486 e. The van der Waals surface area contributed by atoms with Crippen molar-refractivity contribution in [2.45, 2.75) is 76.4 Å². The molecule has 0 bridgehead atoms. The van der Waals surface area contributed by atoms with Crippen molar-refractivity contribution < 1.29 is 24.2 Å². The Morgan fingerprint density at radius 1 is 0.818 bits per heavy atom. The second-order valence-electron chi connectivity index (χ2n) is 8.88. The molecule has 176 valence electrons. The van der Waals surface area contributed by atoms with E-state index in [-0.39, 0.29) is 23.7 Å². The molecule has 0 heterocycles. The number of rotatable bonds is 7. The van der Waals surface area contributed by atoms with Crippen LogP contribution in [0.15, 0.2) is 36.4 Å². The lowest BCUT2D eigenvalue weighted by Gasteiger charge is -2.28. The molecule has 2 aliphatic carbocycles. The molecule has 2 aromatic carbocycles. The molecular formula is C26H30ClNO5. The molecule has 0 radical (unpaired) electrons. The first kappa shape index (κ1) is 23.4. The third-order valence-electron chi connectivity index (χ3n) is 6.34. The monoisotopic (exact) mass is 471 g/mol. The number of nitrogens with one attached hydrogen (secondary N) is 1. The standard InChI is InChI=1S/C26H30ClNO5/c27-22-15-18(25(29)28-19-13-11-17(12-14-19)26(30)31)16-23(32-20-7-3-1-4-8-20)24(22)33-21-9-5-2-6-10-21/h11-16,20-21H,1-10H2,(H,28,29)(H,30,31). The van der Waals surface area contributed by atoms with E-state index in [2.05, 4.69) is 5.32 Å². The molecule has 0 unspecified atom stereocenters. The van der Waals surface area contributed by atoms with Gasteiger partial charge in [0.05, 0.1) is 22.8 Å². The molecule has 0 aliphatic heterocycles. The number of carbonyl (C=O) groups is 2. The predicted molar refractivity (Wildman–Crippen MR) is 128 cm³/mol. The summed E-state index contributed by atoms with van der Waals surface area (Å²) >= 11 is 6.62. The lowest BCUT2D eigenvalue weighted by atomic mass is 9.97. The highest BCUT2D eigenvalue weighted by Crippen LogP contribution is 2.40. The van der Waals surface area contributed by atoms with Crippen molar-refractivity contribution in [3.8, 4) is 11.5 Å². The number of halogens is 1. The number of carboxylic acid groups (broad SMARTS) is 1. The van der Waals surface area contributed by atoms with E-state index in [1.54, 1.807) is 24.3 Å². The van der Waals surface area contributed by atoms with Gasteiger partial charge in [0.1, 0.15) is 0 Å². The van der Waals surface area contributed by atoms with Crippen LogP contribution in [0.25, 0.3) is 0 Å². The molecule has 2 fully saturated rings. The fourth-order valence-electron chi connectivity index (χ4n) is 4.51. The van der Waals surface area contributed by atoms with Gasteiger partial charge in [0.2, 0.25) is 0 Å². The van der Waals surface area contributed by atoms with Crippen molar-refractivity contribution in [2.24, 2.45) is 0 Å². The highest BCUT2D eigenvalue weighted by Gasteiger charge is 2.24. The van der Waals surface area contributed by atoms with E-state index in [0.717, 1.165) is 51.4 Å². The number of anilines is 1. The van der Waals surface area contributed by atoms with Gasteiger partial charge in [0.25, 0.3) is 5.91 Å². The largest absolute Gasteiger partial charge is 0.486 e. The van der Waals surface area contributed by atoms with E-state index in [4.69, 9.17) is 26.2 Å². The molecule has 7 heteroatoms. The summed E-state index contributed by atoms with van der Waals surface area (Å²) in [5, 5.41) is 12.2. The second kappa shape index (κ2) is 10.9. The molecule has 2 saturated carbocycles. The third kappa shape index (κ3) is 6.20. The average molecular weight is 472 g/mol. The minimum absolute atomic E-state index is 0.0883. The van der Waals surface area contributed by atoms with Crippen LogP contribution in [0, 0.1) is 0 Å². The zero-order valence-electron chi connectivity index (χ0n) is 18.6. The molecule has 0 spiro atoms. The Kier molecular flexibility index (Phi) is 7.76. The fourth-order valence-corrected chi connectivity index (χ4v) is 4.77. The Bertz CT molecular complexity index is 979. The maximum Gasteiger partial charge on any atom is 0.335 e. The number of aromatic carboxylic acids is 1. The molecule has 0 aromatic heterocycles. The summed E-state index contributed by atoms with van der Waals surface area (Å²) in [6.07, 6.45) is 11.1. The quantitative estimate of drug-likeness (QED) is 0.468. The SMILES string of the molecule is O=C(O)c1ccc(NC(=O)c2cc(Cl)c(OC3CCCCC3)c(OC3CCCCC3)c2)cc1. The fraction of sp³-hybridized carbons (Fsp3) is 0.462. The number of ether oxygens (including phenoxy) is 2. The van der Waals surface area contributed by atoms with Crippen LogP contribution in [0.1, 0.15) is 84.9 Å². The van der Waals surface area contributed by atoms with Gasteiger partial charge in [-0.1, -0.05) is 24.4 Å². The number of hydrogen-bond acceptors (Lipinski definition) is 4. The van der Waals surface area contributed by atoms with Crippen LogP contribution < -0.4 is 14.8 Å². The van der Waals surface area contributed by atoms with Gasteiger partial charge in [0.15, 0.2) is 11.5 Å². The van der Waals surface area contributed by atoms with Gasteiger partial charge < -0.3 is 19.9 Å². The zero-order valence-corrected chi connectivity index (χ0v) is 19.4. The summed E-state index contributed by atoms with van der Waals surface area (Å²) < 4.78 is 12.6. The van der Waals surface area contributed by atoms with E-state index < -0.39 is 5.97 Å². The van der Waals surface area contributed by atoms with Gasteiger partial charge in [-0.25, -0.2) is 4.79 Å². The highest BCUT2D eigenvalue weighted by atomic mass is 35.5. The maximum absolute atomic E-state index is 12.9. The third-order valence-corrected chi connectivity index (χ3v) is 6.62.